The standard InChI is InChI=1S/C41H68O11/c1-21(18-26(44)35(48)37(4,5)6)24-14-17-40(10)25(24)12-13-28-39(9)16-15-30(50-23(3)43)38(7,8)29(39)19-31(41(28,40)11)52-36-34(47)33(46)32(45)27(51-36)20-49-22(2)42/h12,21,24,26-36,44-48H,13-20H2,1-11H3. The molecule has 0 aromatic carbocycles. The number of allylic oxidation sites excluding steroid dienone is 2. The molecular formula is C41H68O11. The lowest BCUT2D eigenvalue weighted by Crippen LogP contribution is -2.69. The van der Waals surface area contributed by atoms with E-state index in [1.807, 2.05) is 20.8 Å². The fourth-order valence-corrected chi connectivity index (χ4v) is 12.0. The minimum atomic E-state index is -1.58. The molecule has 11 nitrogen and oxygen atoms in total. The highest BCUT2D eigenvalue weighted by molar-refractivity contribution is 5.66. The third kappa shape index (κ3) is 6.92. The number of ether oxygens (including phenoxy) is 4. The lowest BCUT2D eigenvalue weighted by atomic mass is 9.36. The first-order valence-corrected chi connectivity index (χ1v) is 19.6. The molecular weight excluding hydrogens is 668 g/mol. The molecule has 11 heteroatoms. The van der Waals surface area contributed by atoms with E-state index >= 15 is 0 Å². The van der Waals surface area contributed by atoms with Gasteiger partial charge in [-0.1, -0.05) is 74.0 Å². The van der Waals surface area contributed by atoms with Crippen LogP contribution >= 0.6 is 0 Å². The summed E-state index contributed by atoms with van der Waals surface area (Å²) >= 11 is 0. The predicted molar refractivity (Wildman–Crippen MR) is 193 cm³/mol. The second kappa shape index (κ2) is 14.5. The average Bonchev–Trinajstić information content (AvgIpc) is 3.40. The van der Waals surface area contributed by atoms with E-state index in [2.05, 4.69) is 47.6 Å². The molecule has 5 N–H and O–H groups in total. The molecule has 0 radical (unpaired) electrons. The molecule has 0 aromatic rings. The highest BCUT2D eigenvalue weighted by atomic mass is 16.7. The van der Waals surface area contributed by atoms with E-state index in [0.717, 1.165) is 32.1 Å². The summed E-state index contributed by atoms with van der Waals surface area (Å²) in [6, 6.07) is 0. The van der Waals surface area contributed by atoms with Gasteiger partial charge in [-0.25, -0.2) is 0 Å². The van der Waals surface area contributed by atoms with E-state index in [4.69, 9.17) is 18.9 Å². The Morgan fingerprint density at radius 1 is 0.923 bits per heavy atom. The summed E-state index contributed by atoms with van der Waals surface area (Å²) in [5, 5.41) is 55.1. The molecule has 4 fully saturated rings. The summed E-state index contributed by atoms with van der Waals surface area (Å²) in [6.45, 7) is 21.8. The van der Waals surface area contributed by atoms with Crippen molar-refractivity contribution in [1.82, 2.24) is 0 Å². The Balaban J connectivity index is 1.54. The second-order valence-electron chi connectivity index (χ2n) is 19.5. The van der Waals surface area contributed by atoms with E-state index in [0.29, 0.717) is 12.8 Å². The van der Waals surface area contributed by atoms with Gasteiger partial charge in [0.1, 0.15) is 37.1 Å². The Morgan fingerprint density at radius 2 is 1.58 bits per heavy atom. The maximum Gasteiger partial charge on any atom is 0.302 e. The molecule has 1 saturated heterocycles. The molecule has 52 heavy (non-hydrogen) atoms. The lowest BCUT2D eigenvalue weighted by Gasteiger charge is -2.70. The Kier molecular flexibility index (Phi) is 11.6. The Labute approximate surface area is 310 Å². The Bertz CT molecular complexity index is 1360. The number of aliphatic hydroxyl groups excluding tert-OH is 5. The van der Waals surface area contributed by atoms with Crippen LogP contribution in [0.25, 0.3) is 0 Å². The van der Waals surface area contributed by atoms with Crippen LogP contribution in [0, 0.1) is 50.7 Å². The fraction of sp³-hybridized carbons (Fsp3) is 0.902. The van der Waals surface area contributed by atoms with Crippen molar-refractivity contribution >= 4 is 11.9 Å². The molecule has 4 aliphatic carbocycles. The molecule has 0 spiro atoms. The average molecular weight is 737 g/mol. The monoisotopic (exact) mass is 736 g/mol. The third-order valence-corrected chi connectivity index (χ3v) is 15.1. The van der Waals surface area contributed by atoms with Crippen molar-refractivity contribution < 1.29 is 54.1 Å². The minimum absolute atomic E-state index is 0.0676. The van der Waals surface area contributed by atoms with Gasteiger partial charge in [-0.3, -0.25) is 9.59 Å². The molecule has 1 aliphatic heterocycles. The second-order valence-corrected chi connectivity index (χ2v) is 19.5. The van der Waals surface area contributed by atoms with Crippen molar-refractivity contribution in [2.24, 2.45) is 50.7 Å². The van der Waals surface area contributed by atoms with Gasteiger partial charge in [0.2, 0.25) is 0 Å². The van der Waals surface area contributed by atoms with E-state index in [9.17, 15) is 35.1 Å². The van der Waals surface area contributed by atoms with Crippen LogP contribution in [-0.4, -0.2) is 99.2 Å². The van der Waals surface area contributed by atoms with Crippen molar-refractivity contribution in [2.75, 3.05) is 6.61 Å². The van der Waals surface area contributed by atoms with Crippen molar-refractivity contribution in [3.8, 4) is 0 Å². The first kappa shape index (κ1) is 41.6. The largest absolute Gasteiger partial charge is 0.463 e. The Hall–Kier alpha value is -1.60. The zero-order chi connectivity index (χ0) is 38.9. The highest BCUT2D eigenvalue weighted by Crippen LogP contribution is 2.75. The third-order valence-electron chi connectivity index (χ3n) is 15.1. The summed E-state index contributed by atoms with van der Waals surface area (Å²) in [5.74, 6) is -0.328. The highest BCUT2D eigenvalue weighted by Gasteiger charge is 2.71. The molecule has 0 bridgehead atoms. The first-order chi connectivity index (χ1) is 23.9. The molecule has 298 valence electrons. The fourth-order valence-electron chi connectivity index (χ4n) is 12.0. The SMILES string of the molecule is CC(=O)OCC1OC(OC2CC3C(C)(C)C(OC(C)=O)CCC3(C)C3CC=C4C(C(C)CC(O)C(O)C(C)(C)C)CCC4(C)C23C)C(O)C(O)C1O. The van der Waals surface area contributed by atoms with Gasteiger partial charge in [-0.05, 0) is 84.9 Å². The number of hydrogen-bond donors (Lipinski definition) is 5. The quantitative estimate of drug-likeness (QED) is 0.126. The van der Waals surface area contributed by atoms with E-state index in [-0.39, 0.29) is 53.2 Å². The maximum atomic E-state index is 12.3. The summed E-state index contributed by atoms with van der Waals surface area (Å²) in [7, 11) is 0. The Morgan fingerprint density at radius 3 is 2.17 bits per heavy atom. The van der Waals surface area contributed by atoms with Gasteiger partial charge in [0, 0.05) is 24.7 Å². The van der Waals surface area contributed by atoms with Gasteiger partial charge >= 0.3 is 11.9 Å². The van der Waals surface area contributed by atoms with Crippen molar-refractivity contribution in [3.05, 3.63) is 11.6 Å². The van der Waals surface area contributed by atoms with Crippen molar-refractivity contribution in [1.29, 1.82) is 0 Å². The maximum absolute atomic E-state index is 12.3. The van der Waals surface area contributed by atoms with E-state index in [1.165, 1.54) is 19.4 Å². The van der Waals surface area contributed by atoms with Crippen LogP contribution in [0.4, 0.5) is 0 Å². The summed E-state index contributed by atoms with van der Waals surface area (Å²) < 4.78 is 24.2. The lowest BCUT2D eigenvalue weighted by molar-refractivity contribution is -0.343. The van der Waals surface area contributed by atoms with Crippen LogP contribution in [0.3, 0.4) is 0 Å². The summed E-state index contributed by atoms with van der Waals surface area (Å²) in [5.41, 5.74) is -0.429. The van der Waals surface area contributed by atoms with Gasteiger partial charge in [0.25, 0.3) is 0 Å². The first-order valence-electron chi connectivity index (χ1n) is 19.6. The molecule has 5 rings (SSSR count). The van der Waals surface area contributed by atoms with E-state index < -0.39 is 71.2 Å². The normalized spacial score (nSPS) is 44.7. The van der Waals surface area contributed by atoms with Crippen LogP contribution < -0.4 is 0 Å². The number of fused-ring (bicyclic) bond motifs is 5. The van der Waals surface area contributed by atoms with Crippen LogP contribution in [-0.2, 0) is 28.5 Å². The smallest absolute Gasteiger partial charge is 0.302 e. The topological polar surface area (TPSA) is 172 Å². The van der Waals surface area contributed by atoms with Crippen LogP contribution in [0.5, 0.6) is 0 Å². The van der Waals surface area contributed by atoms with Gasteiger partial charge in [0.15, 0.2) is 6.29 Å². The number of carbonyl (C=O) groups excluding carboxylic acids is 2. The molecule has 5 aliphatic rings. The minimum Gasteiger partial charge on any atom is -0.463 e. The van der Waals surface area contributed by atoms with Gasteiger partial charge in [-0.2, -0.15) is 0 Å². The number of esters is 2. The predicted octanol–water partition coefficient (Wildman–Crippen LogP) is 4.68. The number of rotatable bonds is 9. The number of aliphatic hydroxyl groups is 5. The summed E-state index contributed by atoms with van der Waals surface area (Å²) in [6.07, 6.45) is -1.68. The molecule has 3 saturated carbocycles. The molecule has 0 aromatic heterocycles. The zero-order valence-electron chi connectivity index (χ0n) is 33.4. The molecule has 16 atom stereocenters. The molecule has 16 unspecified atom stereocenters. The van der Waals surface area contributed by atoms with Crippen molar-refractivity contribution in [3.63, 3.8) is 0 Å². The molecule has 1 heterocycles. The van der Waals surface area contributed by atoms with Gasteiger partial charge in [0.05, 0.1) is 18.3 Å². The van der Waals surface area contributed by atoms with Crippen molar-refractivity contribution in [2.45, 2.75) is 176 Å². The van der Waals surface area contributed by atoms with Crippen LogP contribution in [0.2, 0.25) is 0 Å². The van der Waals surface area contributed by atoms with Crippen LogP contribution in [0.1, 0.15) is 121 Å². The zero-order valence-corrected chi connectivity index (χ0v) is 33.4. The van der Waals surface area contributed by atoms with E-state index in [1.54, 1.807) is 0 Å². The molecule has 0 amide bonds. The van der Waals surface area contributed by atoms with Gasteiger partial charge in [-0.15, -0.1) is 0 Å². The van der Waals surface area contributed by atoms with Gasteiger partial charge < -0.3 is 44.5 Å². The summed E-state index contributed by atoms with van der Waals surface area (Å²) in [4.78, 5) is 23.9. The number of hydrogen-bond acceptors (Lipinski definition) is 11. The van der Waals surface area contributed by atoms with Crippen LogP contribution in [0.15, 0.2) is 11.6 Å². The number of carbonyl (C=O) groups is 2.